The molecule has 0 bridgehead atoms. The van der Waals surface area contributed by atoms with Crippen LogP contribution in [0.25, 0.3) is 0 Å². The van der Waals surface area contributed by atoms with Gasteiger partial charge in [-0.1, -0.05) is 19.0 Å². The molecule has 0 saturated carbocycles. The summed E-state index contributed by atoms with van der Waals surface area (Å²) in [6, 6.07) is 0.104. The van der Waals surface area contributed by atoms with E-state index >= 15 is 0 Å². The minimum atomic E-state index is -0.0859. The molecule has 8 heteroatoms. The van der Waals surface area contributed by atoms with Crippen molar-refractivity contribution in [1.82, 2.24) is 15.0 Å². The number of amides is 1. The lowest BCUT2D eigenvalue weighted by molar-refractivity contribution is -0.135. The van der Waals surface area contributed by atoms with E-state index in [1.165, 1.54) is 0 Å². The van der Waals surface area contributed by atoms with Gasteiger partial charge >= 0.3 is 0 Å². The van der Waals surface area contributed by atoms with Gasteiger partial charge in [0.25, 0.3) is 5.89 Å². The van der Waals surface area contributed by atoms with Crippen LogP contribution in [-0.4, -0.2) is 47.2 Å². The van der Waals surface area contributed by atoms with Gasteiger partial charge in [-0.25, -0.2) is 0 Å². The third kappa shape index (κ3) is 7.40. The molecule has 21 heavy (non-hydrogen) atoms. The minimum Gasteiger partial charge on any atom is -0.362 e. The van der Waals surface area contributed by atoms with Gasteiger partial charge in [0.2, 0.25) is 5.91 Å². The Labute approximate surface area is 131 Å². The summed E-state index contributed by atoms with van der Waals surface area (Å²) in [6.07, 6.45) is 0.781. The number of nitrogens with two attached hydrogens (primary N) is 1. The maximum Gasteiger partial charge on any atom is 0.252 e. The smallest absolute Gasteiger partial charge is 0.252 e. The number of halogens is 1. The first-order valence-corrected chi connectivity index (χ1v) is 6.76. The van der Waals surface area contributed by atoms with Crippen molar-refractivity contribution >= 4 is 18.3 Å². The Morgan fingerprint density at radius 2 is 2.14 bits per heavy atom. The fourth-order valence-corrected chi connectivity index (χ4v) is 1.54. The summed E-state index contributed by atoms with van der Waals surface area (Å²) in [6.45, 7) is 6.63. The van der Waals surface area contributed by atoms with Crippen molar-refractivity contribution in [2.45, 2.75) is 39.8 Å². The Balaban J connectivity index is 0.00000400. The molecule has 122 valence electrons. The van der Waals surface area contributed by atoms with E-state index in [1.807, 2.05) is 0 Å². The zero-order chi connectivity index (χ0) is 15.1. The van der Waals surface area contributed by atoms with E-state index in [0.29, 0.717) is 24.2 Å². The zero-order valence-electron chi connectivity index (χ0n) is 13.0. The van der Waals surface area contributed by atoms with Crippen LogP contribution in [0.3, 0.4) is 0 Å². The second-order valence-electron chi connectivity index (χ2n) is 5.24. The first-order chi connectivity index (χ1) is 9.40. The zero-order valence-corrected chi connectivity index (χ0v) is 13.9. The summed E-state index contributed by atoms with van der Waals surface area (Å²) in [5, 5.41) is 3.64. The second kappa shape index (κ2) is 9.70. The van der Waals surface area contributed by atoms with E-state index in [0.717, 1.165) is 6.42 Å². The third-order valence-corrected chi connectivity index (χ3v) is 3.10. The highest BCUT2D eigenvalue weighted by molar-refractivity contribution is 5.85. The maximum atomic E-state index is 11.8. The molecule has 1 heterocycles. The van der Waals surface area contributed by atoms with Crippen molar-refractivity contribution in [3.63, 3.8) is 0 Å². The van der Waals surface area contributed by atoms with Gasteiger partial charge in [-0.15, -0.1) is 12.4 Å². The Kier molecular flexibility index (Phi) is 9.16. The van der Waals surface area contributed by atoms with Gasteiger partial charge in [0.15, 0.2) is 5.82 Å². The number of likely N-dealkylation sites (N-methyl/N-ethyl adjacent to an activating group) is 1. The van der Waals surface area contributed by atoms with Crippen LogP contribution in [0, 0.1) is 12.8 Å². The largest absolute Gasteiger partial charge is 0.362 e. The van der Waals surface area contributed by atoms with Crippen molar-refractivity contribution in [3.05, 3.63) is 11.7 Å². The first-order valence-electron chi connectivity index (χ1n) is 6.76. The van der Waals surface area contributed by atoms with Crippen molar-refractivity contribution < 1.29 is 14.1 Å². The van der Waals surface area contributed by atoms with E-state index in [-0.39, 0.29) is 37.6 Å². The van der Waals surface area contributed by atoms with Gasteiger partial charge in [-0.05, 0) is 19.3 Å². The molecule has 0 aliphatic carbocycles. The number of ether oxygens (including phenoxy) is 1. The molecular weight excluding hydrogens is 296 g/mol. The lowest BCUT2D eigenvalue weighted by Gasteiger charge is -2.21. The number of carbonyl (C=O) groups is 1. The quantitative estimate of drug-likeness (QED) is 0.772. The highest BCUT2D eigenvalue weighted by Crippen LogP contribution is 2.04. The summed E-state index contributed by atoms with van der Waals surface area (Å²) in [4.78, 5) is 17.4. The van der Waals surface area contributed by atoms with Gasteiger partial charge < -0.3 is 19.9 Å². The lowest BCUT2D eigenvalue weighted by Crippen LogP contribution is -2.36. The van der Waals surface area contributed by atoms with Crippen LogP contribution in [0.4, 0.5) is 0 Å². The Bertz CT molecular complexity index is 425. The molecule has 7 nitrogen and oxygen atoms in total. The topological polar surface area (TPSA) is 94.5 Å². The van der Waals surface area contributed by atoms with Gasteiger partial charge in [0.1, 0.15) is 13.2 Å². The number of aryl methyl sites for hydroxylation is 1. The molecule has 0 spiro atoms. The molecule has 1 aromatic rings. The first kappa shape index (κ1) is 19.8. The van der Waals surface area contributed by atoms with Crippen LogP contribution < -0.4 is 5.73 Å². The predicted molar refractivity (Wildman–Crippen MR) is 81.0 cm³/mol. The Hall–Kier alpha value is -1.18. The molecule has 0 aliphatic rings. The monoisotopic (exact) mass is 320 g/mol. The molecule has 1 rings (SSSR count). The normalized spacial score (nSPS) is 12.1. The molecule has 0 fully saturated rings. The van der Waals surface area contributed by atoms with Crippen LogP contribution in [0.15, 0.2) is 4.52 Å². The summed E-state index contributed by atoms with van der Waals surface area (Å²) >= 11 is 0. The molecule has 2 N–H and O–H groups in total. The van der Waals surface area contributed by atoms with Crippen LogP contribution in [-0.2, 0) is 16.1 Å². The van der Waals surface area contributed by atoms with E-state index in [1.54, 1.807) is 18.9 Å². The minimum absolute atomic E-state index is 0. The summed E-state index contributed by atoms with van der Waals surface area (Å²) < 4.78 is 10.1. The van der Waals surface area contributed by atoms with E-state index < -0.39 is 0 Å². The van der Waals surface area contributed by atoms with E-state index in [9.17, 15) is 4.79 Å². The Morgan fingerprint density at radius 3 is 2.67 bits per heavy atom. The third-order valence-electron chi connectivity index (χ3n) is 3.10. The average Bonchev–Trinajstić information content (AvgIpc) is 2.80. The van der Waals surface area contributed by atoms with Gasteiger partial charge in [0.05, 0.1) is 0 Å². The number of nitrogens with zero attached hydrogens (tertiary/aromatic N) is 3. The molecule has 1 unspecified atom stereocenters. The molecule has 0 saturated heterocycles. The van der Waals surface area contributed by atoms with Gasteiger partial charge in [0, 0.05) is 19.6 Å². The van der Waals surface area contributed by atoms with Crippen LogP contribution in [0.1, 0.15) is 32.0 Å². The van der Waals surface area contributed by atoms with Crippen molar-refractivity contribution in [2.24, 2.45) is 11.7 Å². The molecule has 0 radical (unpaired) electrons. The SMILES string of the molecule is Cc1noc(COCC(=O)N(C)CCC(N)C(C)C)n1.Cl. The van der Waals surface area contributed by atoms with Crippen molar-refractivity contribution in [1.29, 1.82) is 0 Å². The fraction of sp³-hybridized carbons (Fsp3) is 0.769. The van der Waals surface area contributed by atoms with Crippen LogP contribution >= 0.6 is 12.4 Å². The van der Waals surface area contributed by atoms with Crippen LogP contribution in [0.5, 0.6) is 0 Å². The number of rotatable bonds is 8. The number of hydrogen-bond acceptors (Lipinski definition) is 6. The van der Waals surface area contributed by atoms with Crippen molar-refractivity contribution in [3.8, 4) is 0 Å². The molecule has 0 aromatic carbocycles. The molecular formula is C13H25ClN4O3. The highest BCUT2D eigenvalue weighted by atomic mass is 35.5. The summed E-state index contributed by atoms with van der Waals surface area (Å²) in [5.41, 5.74) is 5.95. The lowest BCUT2D eigenvalue weighted by atomic mass is 10.0. The van der Waals surface area contributed by atoms with E-state index in [2.05, 4.69) is 24.0 Å². The molecule has 1 amide bonds. The second-order valence-corrected chi connectivity index (χ2v) is 5.24. The van der Waals surface area contributed by atoms with E-state index in [4.69, 9.17) is 15.0 Å². The standard InChI is InChI=1S/C13H24N4O3.ClH/c1-9(2)11(14)5-6-17(4)13(18)8-19-7-12-15-10(3)16-20-12;/h9,11H,5-8,14H2,1-4H3;1H. The number of aromatic nitrogens is 2. The maximum absolute atomic E-state index is 11.8. The van der Waals surface area contributed by atoms with Gasteiger partial charge in [-0.3, -0.25) is 4.79 Å². The summed E-state index contributed by atoms with van der Waals surface area (Å²) in [5.74, 6) is 1.25. The predicted octanol–water partition coefficient (Wildman–Crippen LogP) is 1.15. The molecule has 1 atom stereocenters. The highest BCUT2D eigenvalue weighted by Gasteiger charge is 2.13. The molecule has 1 aromatic heterocycles. The number of carbonyl (C=O) groups excluding carboxylic acids is 1. The molecule has 0 aliphatic heterocycles. The van der Waals surface area contributed by atoms with Crippen LogP contribution in [0.2, 0.25) is 0 Å². The summed E-state index contributed by atoms with van der Waals surface area (Å²) in [7, 11) is 1.75. The van der Waals surface area contributed by atoms with Gasteiger partial charge in [-0.2, -0.15) is 4.98 Å². The Morgan fingerprint density at radius 1 is 1.48 bits per heavy atom. The fourth-order valence-electron chi connectivity index (χ4n) is 1.54. The average molecular weight is 321 g/mol. The van der Waals surface area contributed by atoms with Crippen molar-refractivity contribution in [2.75, 3.05) is 20.2 Å². The number of hydrogen-bond donors (Lipinski definition) is 1.